The molecule has 23 heavy (non-hydrogen) atoms. The van der Waals surface area contributed by atoms with Gasteiger partial charge in [-0.3, -0.25) is 9.59 Å². The number of anilines is 2. The average Bonchev–Trinajstić information content (AvgIpc) is 2.48. The van der Waals surface area contributed by atoms with Gasteiger partial charge in [0.05, 0.1) is 0 Å². The van der Waals surface area contributed by atoms with Crippen LogP contribution in [0.2, 0.25) is 0 Å². The number of aryl methyl sites for hydroxylation is 1. The van der Waals surface area contributed by atoms with Crippen molar-refractivity contribution in [3.05, 3.63) is 59.7 Å². The maximum Gasteiger partial charge on any atom is 0.255 e. The van der Waals surface area contributed by atoms with E-state index in [2.05, 4.69) is 10.6 Å². The molecule has 0 saturated carbocycles. The molecule has 0 aromatic heterocycles. The van der Waals surface area contributed by atoms with Crippen LogP contribution in [-0.2, 0) is 4.79 Å². The molecule has 0 unspecified atom stereocenters. The fourth-order valence-corrected chi connectivity index (χ4v) is 2.21. The first-order valence-electron chi connectivity index (χ1n) is 7.72. The van der Waals surface area contributed by atoms with Crippen LogP contribution in [0.5, 0.6) is 0 Å². The van der Waals surface area contributed by atoms with Crippen LogP contribution in [0.4, 0.5) is 11.4 Å². The molecule has 4 nitrogen and oxygen atoms in total. The lowest BCUT2D eigenvalue weighted by Crippen LogP contribution is -2.14. The highest BCUT2D eigenvalue weighted by Gasteiger charge is 2.07. The summed E-state index contributed by atoms with van der Waals surface area (Å²) in [6.07, 6.45) is 0.492. The number of nitrogens with one attached hydrogen (secondary N) is 2. The molecule has 0 aliphatic carbocycles. The van der Waals surface area contributed by atoms with Gasteiger partial charge in [-0.25, -0.2) is 0 Å². The number of carbonyl (C=O) groups is 2. The van der Waals surface area contributed by atoms with Gasteiger partial charge < -0.3 is 10.6 Å². The van der Waals surface area contributed by atoms with Crippen molar-refractivity contribution in [1.29, 1.82) is 0 Å². The second-order valence-electron chi connectivity index (χ2n) is 6.05. The van der Waals surface area contributed by atoms with Crippen LogP contribution in [0.15, 0.2) is 48.5 Å². The Morgan fingerprint density at radius 2 is 1.57 bits per heavy atom. The van der Waals surface area contributed by atoms with Crippen molar-refractivity contribution in [3.63, 3.8) is 0 Å². The molecule has 0 spiro atoms. The number of carbonyl (C=O) groups excluding carboxylic acids is 2. The highest BCUT2D eigenvalue weighted by molar-refractivity contribution is 6.04. The molecule has 4 heteroatoms. The van der Waals surface area contributed by atoms with E-state index in [1.54, 1.807) is 30.3 Å². The summed E-state index contributed by atoms with van der Waals surface area (Å²) in [6.45, 7) is 5.96. The molecule has 2 rings (SSSR count). The second-order valence-corrected chi connectivity index (χ2v) is 6.05. The van der Waals surface area contributed by atoms with Crippen LogP contribution in [-0.4, -0.2) is 11.8 Å². The summed E-state index contributed by atoms with van der Waals surface area (Å²) in [5.41, 5.74) is 3.09. The SMILES string of the molecule is Cc1cccc(C(=O)Nc2ccc(NC(=O)CC(C)C)cc2)c1. The number of rotatable bonds is 5. The van der Waals surface area contributed by atoms with Crippen LogP contribution in [0.25, 0.3) is 0 Å². The van der Waals surface area contributed by atoms with Crippen molar-refractivity contribution in [3.8, 4) is 0 Å². The molecule has 2 N–H and O–H groups in total. The van der Waals surface area contributed by atoms with Crippen molar-refractivity contribution < 1.29 is 9.59 Å². The van der Waals surface area contributed by atoms with Crippen LogP contribution in [0.1, 0.15) is 36.2 Å². The molecule has 2 aromatic carbocycles. The summed E-state index contributed by atoms with van der Waals surface area (Å²) >= 11 is 0. The molecule has 0 heterocycles. The van der Waals surface area contributed by atoms with Crippen LogP contribution < -0.4 is 10.6 Å². The first-order chi connectivity index (χ1) is 10.9. The van der Waals surface area contributed by atoms with E-state index in [1.165, 1.54) is 0 Å². The standard InChI is InChI=1S/C19H22N2O2/c1-13(2)11-18(22)20-16-7-9-17(10-8-16)21-19(23)15-6-4-5-14(3)12-15/h4-10,12-13H,11H2,1-3H3,(H,20,22)(H,21,23). The second kappa shape index (κ2) is 7.58. The van der Waals surface area contributed by atoms with Gasteiger partial charge in [0.2, 0.25) is 5.91 Å². The number of hydrogen-bond acceptors (Lipinski definition) is 2. The molecule has 0 atom stereocenters. The van der Waals surface area contributed by atoms with E-state index in [1.807, 2.05) is 39.0 Å². The molecular weight excluding hydrogens is 288 g/mol. The van der Waals surface area contributed by atoms with Crippen LogP contribution in [0, 0.1) is 12.8 Å². The molecule has 2 aromatic rings. The third-order valence-electron chi connectivity index (χ3n) is 3.30. The number of amides is 2. The molecular formula is C19H22N2O2. The Kier molecular flexibility index (Phi) is 5.52. The number of hydrogen-bond donors (Lipinski definition) is 2. The van der Waals surface area contributed by atoms with E-state index in [0.29, 0.717) is 23.6 Å². The van der Waals surface area contributed by atoms with Gasteiger partial charge in [-0.05, 0) is 49.2 Å². The molecule has 0 aliphatic heterocycles. The molecule has 0 saturated heterocycles. The fraction of sp³-hybridized carbons (Fsp3) is 0.263. The smallest absolute Gasteiger partial charge is 0.255 e. The Balaban J connectivity index is 1.97. The molecule has 0 fully saturated rings. The van der Waals surface area contributed by atoms with Gasteiger partial charge >= 0.3 is 0 Å². The normalized spacial score (nSPS) is 10.4. The maximum atomic E-state index is 12.2. The minimum absolute atomic E-state index is 0.00320. The third kappa shape index (κ3) is 5.25. The van der Waals surface area contributed by atoms with Crippen molar-refractivity contribution in [2.75, 3.05) is 10.6 Å². The van der Waals surface area contributed by atoms with Gasteiger partial charge in [0, 0.05) is 23.4 Å². The Hall–Kier alpha value is -2.62. The summed E-state index contributed by atoms with van der Waals surface area (Å²) < 4.78 is 0. The minimum atomic E-state index is -0.148. The van der Waals surface area contributed by atoms with Gasteiger partial charge in [-0.2, -0.15) is 0 Å². The molecule has 2 amide bonds. The van der Waals surface area contributed by atoms with Crippen LogP contribution in [0.3, 0.4) is 0 Å². The van der Waals surface area contributed by atoms with E-state index in [4.69, 9.17) is 0 Å². The molecule has 120 valence electrons. The topological polar surface area (TPSA) is 58.2 Å². The highest BCUT2D eigenvalue weighted by atomic mass is 16.2. The lowest BCUT2D eigenvalue weighted by molar-refractivity contribution is -0.116. The zero-order chi connectivity index (χ0) is 16.8. The zero-order valence-electron chi connectivity index (χ0n) is 13.7. The summed E-state index contributed by atoms with van der Waals surface area (Å²) in [5, 5.41) is 5.69. The Morgan fingerprint density at radius 3 is 2.13 bits per heavy atom. The monoisotopic (exact) mass is 310 g/mol. The fourth-order valence-electron chi connectivity index (χ4n) is 2.21. The highest BCUT2D eigenvalue weighted by Crippen LogP contribution is 2.16. The Bertz CT molecular complexity index is 691. The minimum Gasteiger partial charge on any atom is -0.326 e. The first-order valence-corrected chi connectivity index (χ1v) is 7.72. The van der Waals surface area contributed by atoms with Crippen LogP contribution >= 0.6 is 0 Å². The molecule has 0 radical (unpaired) electrons. The quantitative estimate of drug-likeness (QED) is 0.868. The van der Waals surface area contributed by atoms with E-state index in [-0.39, 0.29) is 11.8 Å². The van der Waals surface area contributed by atoms with E-state index in [9.17, 15) is 9.59 Å². The third-order valence-corrected chi connectivity index (χ3v) is 3.30. The van der Waals surface area contributed by atoms with Gasteiger partial charge in [-0.1, -0.05) is 31.5 Å². The van der Waals surface area contributed by atoms with Gasteiger partial charge in [-0.15, -0.1) is 0 Å². The maximum absolute atomic E-state index is 12.2. The van der Waals surface area contributed by atoms with Gasteiger partial charge in [0.15, 0.2) is 0 Å². The Morgan fingerprint density at radius 1 is 0.957 bits per heavy atom. The average molecular weight is 310 g/mol. The number of benzene rings is 2. The first kappa shape index (κ1) is 16.7. The van der Waals surface area contributed by atoms with Crippen molar-refractivity contribution in [1.82, 2.24) is 0 Å². The van der Waals surface area contributed by atoms with Gasteiger partial charge in [0.25, 0.3) is 5.91 Å². The van der Waals surface area contributed by atoms with Gasteiger partial charge in [0.1, 0.15) is 0 Å². The van der Waals surface area contributed by atoms with Crippen molar-refractivity contribution in [2.45, 2.75) is 27.2 Å². The predicted octanol–water partition coefficient (Wildman–Crippen LogP) is 4.23. The summed E-state index contributed by atoms with van der Waals surface area (Å²) in [7, 11) is 0. The summed E-state index contributed by atoms with van der Waals surface area (Å²) in [5.74, 6) is 0.171. The molecule has 0 bridgehead atoms. The largest absolute Gasteiger partial charge is 0.326 e. The molecule has 0 aliphatic rings. The van der Waals surface area contributed by atoms with Crippen molar-refractivity contribution >= 4 is 23.2 Å². The lowest BCUT2D eigenvalue weighted by atomic mass is 10.1. The Labute approximate surface area is 136 Å². The predicted molar refractivity (Wildman–Crippen MR) is 93.7 cm³/mol. The van der Waals surface area contributed by atoms with E-state index < -0.39 is 0 Å². The zero-order valence-corrected chi connectivity index (χ0v) is 13.7. The lowest BCUT2D eigenvalue weighted by Gasteiger charge is -2.09. The summed E-state index contributed by atoms with van der Waals surface area (Å²) in [4.78, 5) is 23.9. The van der Waals surface area contributed by atoms with Crippen molar-refractivity contribution in [2.24, 2.45) is 5.92 Å². The summed E-state index contributed by atoms with van der Waals surface area (Å²) in [6, 6.07) is 14.5. The van der Waals surface area contributed by atoms with E-state index in [0.717, 1.165) is 11.3 Å². The van der Waals surface area contributed by atoms with E-state index >= 15 is 0 Å².